The van der Waals surface area contributed by atoms with Gasteiger partial charge in [0.1, 0.15) is 11.4 Å². The van der Waals surface area contributed by atoms with Crippen LogP contribution < -0.4 is 4.90 Å². The summed E-state index contributed by atoms with van der Waals surface area (Å²) in [6.07, 6.45) is -1.92. The number of alkyl halides is 3. The molecule has 2 aromatic heterocycles. The van der Waals surface area contributed by atoms with Crippen LogP contribution in [0.4, 0.5) is 19.1 Å². The first-order valence-corrected chi connectivity index (χ1v) is 8.79. The average Bonchev–Trinajstić information content (AvgIpc) is 3.22. The maximum atomic E-state index is 12.9. The van der Waals surface area contributed by atoms with Crippen LogP contribution in [0.15, 0.2) is 36.7 Å². The number of anilines is 1. The van der Waals surface area contributed by atoms with Crippen LogP contribution in [-0.4, -0.2) is 63.7 Å². The normalized spacial score (nSPS) is 24.5. The van der Waals surface area contributed by atoms with E-state index in [1.807, 2.05) is 0 Å². The quantitative estimate of drug-likeness (QED) is 0.850. The van der Waals surface area contributed by atoms with Crippen LogP contribution in [0.3, 0.4) is 0 Å². The number of amides is 1. The molecule has 0 radical (unpaired) electrons. The van der Waals surface area contributed by atoms with Gasteiger partial charge in [-0.15, -0.1) is 0 Å². The number of hydrogen-bond donors (Lipinski definition) is 1. The first-order chi connectivity index (χ1) is 13.3. The van der Waals surface area contributed by atoms with Crippen LogP contribution in [0.1, 0.15) is 16.2 Å². The van der Waals surface area contributed by atoms with E-state index in [0.717, 1.165) is 12.3 Å². The van der Waals surface area contributed by atoms with Crippen LogP contribution in [-0.2, 0) is 6.18 Å². The van der Waals surface area contributed by atoms with Gasteiger partial charge in [-0.05, 0) is 18.2 Å². The minimum Gasteiger partial charge on any atom is -0.396 e. The highest BCUT2D eigenvalue weighted by atomic mass is 19.4. The van der Waals surface area contributed by atoms with Gasteiger partial charge in [0.25, 0.3) is 5.91 Å². The standard InChI is InChI=1S/C18H18F3N5O2/c19-18(20,21)14-4-6-23-16(24-14)26-8-12-7-25(9-17(12,10-26)11-27)15(28)13-3-1-2-5-22-13/h1-6,12,27H,7-11H2/t12-,17+/m1/s1. The van der Waals surface area contributed by atoms with Gasteiger partial charge in [-0.1, -0.05) is 6.07 Å². The summed E-state index contributed by atoms with van der Waals surface area (Å²) in [6.45, 7) is 1.17. The molecule has 1 amide bonds. The fourth-order valence-electron chi connectivity index (χ4n) is 4.02. The molecule has 0 bridgehead atoms. The molecule has 2 aromatic rings. The van der Waals surface area contributed by atoms with E-state index in [1.54, 1.807) is 34.2 Å². The molecule has 0 aromatic carbocycles. The van der Waals surface area contributed by atoms with Gasteiger partial charge in [0.15, 0.2) is 0 Å². The number of aliphatic hydroxyl groups excluding tert-OH is 1. The van der Waals surface area contributed by atoms with Gasteiger partial charge in [-0.3, -0.25) is 9.78 Å². The second kappa shape index (κ2) is 6.69. The number of carbonyl (C=O) groups is 1. The van der Waals surface area contributed by atoms with E-state index in [-0.39, 0.29) is 30.9 Å². The van der Waals surface area contributed by atoms with Crippen molar-refractivity contribution in [1.82, 2.24) is 19.9 Å². The molecule has 148 valence electrons. The second-order valence-electron chi connectivity index (χ2n) is 7.24. The van der Waals surface area contributed by atoms with Crippen molar-refractivity contribution in [3.63, 3.8) is 0 Å². The molecule has 4 heterocycles. The highest BCUT2D eigenvalue weighted by Gasteiger charge is 2.54. The van der Waals surface area contributed by atoms with Gasteiger partial charge in [0.2, 0.25) is 5.95 Å². The topological polar surface area (TPSA) is 82.5 Å². The Kier molecular flexibility index (Phi) is 4.45. The van der Waals surface area contributed by atoms with E-state index in [2.05, 4.69) is 15.0 Å². The maximum absolute atomic E-state index is 12.9. The molecule has 2 fully saturated rings. The molecule has 0 spiro atoms. The number of fused-ring (bicyclic) bond motifs is 1. The zero-order chi connectivity index (χ0) is 19.9. The molecule has 2 aliphatic rings. The number of carbonyl (C=O) groups excluding carboxylic acids is 1. The van der Waals surface area contributed by atoms with E-state index in [9.17, 15) is 23.1 Å². The van der Waals surface area contributed by atoms with E-state index >= 15 is 0 Å². The second-order valence-corrected chi connectivity index (χ2v) is 7.24. The first-order valence-electron chi connectivity index (χ1n) is 8.79. The summed E-state index contributed by atoms with van der Waals surface area (Å²) in [6, 6.07) is 5.91. The number of hydrogen-bond acceptors (Lipinski definition) is 6. The molecular weight excluding hydrogens is 375 g/mol. The molecule has 0 saturated carbocycles. The van der Waals surface area contributed by atoms with Crippen LogP contribution >= 0.6 is 0 Å². The maximum Gasteiger partial charge on any atom is 0.433 e. The number of nitrogens with zero attached hydrogens (tertiary/aromatic N) is 5. The Bertz CT molecular complexity index is 879. The fourth-order valence-corrected chi connectivity index (χ4v) is 4.02. The number of pyridine rings is 1. The summed E-state index contributed by atoms with van der Waals surface area (Å²) >= 11 is 0. The van der Waals surface area contributed by atoms with Crippen molar-refractivity contribution < 1.29 is 23.1 Å². The summed E-state index contributed by atoms with van der Waals surface area (Å²) in [7, 11) is 0. The van der Waals surface area contributed by atoms with Crippen LogP contribution in [0.5, 0.6) is 0 Å². The van der Waals surface area contributed by atoms with E-state index in [0.29, 0.717) is 25.3 Å². The predicted molar refractivity (Wildman–Crippen MR) is 92.4 cm³/mol. The van der Waals surface area contributed by atoms with Crippen molar-refractivity contribution in [2.75, 3.05) is 37.7 Å². The van der Waals surface area contributed by atoms with Gasteiger partial charge >= 0.3 is 6.18 Å². The summed E-state index contributed by atoms with van der Waals surface area (Å²) in [5.41, 5.74) is -1.30. The van der Waals surface area contributed by atoms with Gasteiger partial charge in [0.05, 0.1) is 6.61 Å². The van der Waals surface area contributed by atoms with Crippen molar-refractivity contribution in [1.29, 1.82) is 0 Å². The molecule has 4 rings (SSSR count). The minimum atomic E-state index is -4.55. The SMILES string of the molecule is O=C(c1ccccn1)N1C[C@@H]2CN(c3nccc(C(F)(F)F)n3)C[C@]2(CO)C1. The lowest BCUT2D eigenvalue weighted by Crippen LogP contribution is -2.39. The third-order valence-corrected chi connectivity index (χ3v) is 5.46. The van der Waals surface area contributed by atoms with Crippen molar-refractivity contribution in [3.05, 3.63) is 48.0 Å². The number of likely N-dealkylation sites (tertiary alicyclic amines) is 1. The number of aliphatic hydroxyl groups is 1. The molecule has 10 heteroatoms. The third kappa shape index (κ3) is 3.17. The van der Waals surface area contributed by atoms with E-state index < -0.39 is 17.3 Å². The lowest BCUT2D eigenvalue weighted by atomic mass is 9.82. The summed E-state index contributed by atoms with van der Waals surface area (Å²) in [5.74, 6) is -0.326. The van der Waals surface area contributed by atoms with Crippen LogP contribution in [0.25, 0.3) is 0 Å². The van der Waals surface area contributed by atoms with Gasteiger partial charge in [-0.2, -0.15) is 13.2 Å². The Labute approximate surface area is 158 Å². The molecule has 0 unspecified atom stereocenters. The first kappa shape index (κ1) is 18.6. The predicted octanol–water partition coefficient (Wildman–Crippen LogP) is 1.46. The zero-order valence-electron chi connectivity index (χ0n) is 14.8. The minimum absolute atomic E-state index is 0.0142. The summed E-state index contributed by atoms with van der Waals surface area (Å²) in [4.78, 5) is 27.6. The Morgan fingerprint density at radius 2 is 2.00 bits per heavy atom. The van der Waals surface area contributed by atoms with Crippen molar-refractivity contribution >= 4 is 11.9 Å². The van der Waals surface area contributed by atoms with Crippen LogP contribution in [0, 0.1) is 11.3 Å². The monoisotopic (exact) mass is 393 g/mol. The number of halogens is 3. The average molecular weight is 393 g/mol. The highest BCUT2D eigenvalue weighted by molar-refractivity contribution is 5.92. The Morgan fingerprint density at radius 3 is 2.64 bits per heavy atom. The largest absolute Gasteiger partial charge is 0.433 e. The molecule has 7 nitrogen and oxygen atoms in total. The zero-order valence-corrected chi connectivity index (χ0v) is 14.8. The molecule has 28 heavy (non-hydrogen) atoms. The van der Waals surface area contributed by atoms with Crippen LogP contribution in [0.2, 0.25) is 0 Å². The van der Waals surface area contributed by atoms with E-state index in [1.165, 1.54) is 0 Å². The Hall–Kier alpha value is -2.75. The molecule has 2 saturated heterocycles. The fraction of sp³-hybridized carbons (Fsp3) is 0.444. The molecule has 1 N–H and O–H groups in total. The van der Waals surface area contributed by atoms with Gasteiger partial charge < -0.3 is 14.9 Å². The Balaban J connectivity index is 1.53. The summed E-state index contributed by atoms with van der Waals surface area (Å²) < 4.78 is 38.8. The highest BCUT2D eigenvalue weighted by Crippen LogP contribution is 2.43. The molecule has 2 atom stereocenters. The van der Waals surface area contributed by atoms with Crippen molar-refractivity contribution in [2.45, 2.75) is 6.18 Å². The third-order valence-electron chi connectivity index (χ3n) is 5.46. The van der Waals surface area contributed by atoms with Crippen molar-refractivity contribution in [3.8, 4) is 0 Å². The van der Waals surface area contributed by atoms with E-state index in [4.69, 9.17) is 0 Å². The molecule has 0 aliphatic carbocycles. The molecule has 2 aliphatic heterocycles. The lowest BCUT2D eigenvalue weighted by molar-refractivity contribution is -0.141. The number of aromatic nitrogens is 3. The Morgan fingerprint density at radius 1 is 1.18 bits per heavy atom. The number of rotatable bonds is 3. The smallest absolute Gasteiger partial charge is 0.396 e. The lowest BCUT2D eigenvalue weighted by Gasteiger charge is -2.27. The molecular formula is C18H18F3N5O2. The van der Waals surface area contributed by atoms with Gasteiger partial charge in [-0.25, -0.2) is 9.97 Å². The van der Waals surface area contributed by atoms with Gasteiger partial charge in [0, 0.05) is 49.9 Å². The van der Waals surface area contributed by atoms with Crippen molar-refractivity contribution in [2.24, 2.45) is 11.3 Å². The summed E-state index contributed by atoms with van der Waals surface area (Å²) in [5, 5.41) is 10.0.